The van der Waals surface area contributed by atoms with Crippen LogP contribution in [-0.2, 0) is 4.79 Å². The van der Waals surface area contributed by atoms with Gasteiger partial charge in [-0.25, -0.2) is 0 Å². The van der Waals surface area contributed by atoms with Crippen LogP contribution in [0.4, 0.5) is 5.69 Å². The molecule has 2 rings (SSSR count). The van der Waals surface area contributed by atoms with E-state index in [-0.39, 0.29) is 5.57 Å². The van der Waals surface area contributed by atoms with E-state index in [1.54, 1.807) is 43.5 Å². The predicted octanol–water partition coefficient (Wildman–Crippen LogP) is 3.95. The third-order valence-electron chi connectivity index (χ3n) is 3.54. The van der Waals surface area contributed by atoms with Crippen LogP contribution >= 0.6 is 0 Å². The first-order valence-corrected chi connectivity index (χ1v) is 7.88. The van der Waals surface area contributed by atoms with Gasteiger partial charge in [-0.3, -0.25) is 4.79 Å². The summed E-state index contributed by atoms with van der Waals surface area (Å²) in [7, 11) is 1.59. The summed E-state index contributed by atoms with van der Waals surface area (Å²) in [5.74, 6) is 0.922. The lowest BCUT2D eigenvalue weighted by Crippen LogP contribution is -2.13. The predicted molar refractivity (Wildman–Crippen MR) is 97.6 cm³/mol. The smallest absolute Gasteiger partial charge is 0.266 e. The van der Waals surface area contributed by atoms with Crippen LogP contribution in [0, 0.1) is 18.3 Å². The van der Waals surface area contributed by atoms with Gasteiger partial charge in [-0.1, -0.05) is 12.1 Å². The Morgan fingerprint density at radius 3 is 2.68 bits per heavy atom. The Hall–Kier alpha value is -3.26. The van der Waals surface area contributed by atoms with E-state index in [0.717, 1.165) is 16.9 Å². The first-order valence-electron chi connectivity index (χ1n) is 7.88. The lowest BCUT2D eigenvalue weighted by atomic mass is 10.1. The lowest BCUT2D eigenvalue weighted by Gasteiger charge is -2.08. The molecule has 0 unspecified atom stereocenters. The fraction of sp³-hybridized carbons (Fsp3) is 0.200. The van der Waals surface area contributed by atoms with Gasteiger partial charge in [0, 0.05) is 11.8 Å². The van der Waals surface area contributed by atoms with Crippen molar-refractivity contribution in [3.05, 3.63) is 59.2 Å². The molecule has 0 aliphatic rings. The molecule has 1 N–H and O–H groups in total. The molecule has 2 aromatic rings. The second-order valence-electron chi connectivity index (χ2n) is 5.31. The van der Waals surface area contributed by atoms with Crippen LogP contribution in [0.1, 0.15) is 18.1 Å². The van der Waals surface area contributed by atoms with Crippen LogP contribution in [0.15, 0.2) is 48.0 Å². The highest BCUT2D eigenvalue weighted by atomic mass is 16.5. The molecule has 0 atom stereocenters. The first kappa shape index (κ1) is 18.1. The standard InChI is InChI=1S/C20H20N2O3/c1-4-25-19-7-5-6-17(12-19)22-20(23)16(13-21)11-15-8-9-18(24-3)10-14(15)2/h5-12H,4H2,1-3H3,(H,22,23)/b16-11+. The number of aryl methyl sites for hydroxylation is 1. The average molecular weight is 336 g/mol. The van der Waals surface area contributed by atoms with Crippen molar-refractivity contribution < 1.29 is 14.3 Å². The summed E-state index contributed by atoms with van der Waals surface area (Å²) in [6.07, 6.45) is 1.57. The Kier molecular flexibility index (Phi) is 6.19. The summed E-state index contributed by atoms with van der Waals surface area (Å²) in [5.41, 5.74) is 2.30. The number of ether oxygens (including phenoxy) is 2. The number of nitrogens with one attached hydrogen (secondary N) is 1. The van der Waals surface area contributed by atoms with Crippen LogP contribution in [0.2, 0.25) is 0 Å². The number of nitriles is 1. The zero-order valence-electron chi connectivity index (χ0n) is 14.5. The zero-order valence-corrected chi connectivity index (χ0v) is 14.5. The Balaban J connectivity index is 2.21. The molecule has 0 fully saturated rings. The van der Waals surface area contributed by atoms with Crippen molar-refractivity contribution in [1.29, 1.82) is 5.26 Å². The summed E-state index contributed by atoms with van der Waals surface area (Å²) >= 11 is 0. The van der Waals surface area contributed by atoms with Crippen molar-refractivity contribution in [2.45, 2.75) is 13.8 Å². The number of rotatable bonds is 6. The minimum atomic E-state index is -0.466. The molecule has 0 bridgehead atoms. The third-order valence-corrected chi connectivity index (χ3v) is 3.54. The van der Waals surface area contributed by atoms with E-state index in [9.17, 15) is 10.1 Å². The number of nitrogens with zero attached hydrogens (tertiary/aromatic N) is 1. The normalized spacial score (nSPS) is 10.7. The van der Waals surface area contributed by atoms with Gasteiger partial charge < -0.3 is 14.8 Å². The topological polar surface area (TPSA) is 71.3 Å². The van der Waals surface area contributed by atoms with E-state index in [2.05, 4.69) is 5.32 Å². The Morgan fingerprint density at radius 1 is 1.24 bits per heavy atom. The molecule has 0 heterocycles. The molecule has 0 saturated heterocycles. The SMILES string of the molecule is CCOc1cccc(NC(=O)/C(C#N)=C/c2ccc(OC)cc2C)c1. The van der Waals surface area contributed by atoms with E-state index in [1.807, 2.05) is 32.0 Å². The van der Waals surface area contributed by atoms with E-state index >= 15 is 0 Å². The van der Waals surface area contributed by atoms with Crippen molar-refractivity contribution in [3.8, 4) is 17.6 Å². The van der Waals surface area contributed by atoms with Gasteiger partial charge in [0.2, 0.25) is 0 Å². The van der Waals surface area contributed by atoms with Crippen LogP contribution in [0.5, 0.6) is 11.5 Å². The molecule has 0 saturated carbocycles. The fourth-order valence-corrected chi connectivity index (χ4v) is 2.27. The lowest BCUT2D eigenvalue weighted by molar-refractivity contribution is -0.112. The highest BCUT2D eigenvalue weighted by Gasteiger charge is 2.11. The molecule has 5 heteroatoms. The van der Waals surface area contributed by atoms with Crippen LogP contribution in [0.3, 0.4) is 0 Å². The average Bonchev–Trinajstić information content (AvgIpc) is 2.61. The van der Waals surface area contributed by atoms with Crippen molar-refractivity contribution in [3.63, 3.8) is 0 Å². The van der Waals surface area contributed by atoms with Crippen molar-refractivity contribution in [2.24, 2.45) is 0 Å². The Labute approximate surface area is 147 Å². The second-order valence-corrected chi connectivity index (χ2v) is 5.31. The monoisotopic (exact) mass is 336 g/mol. The number of hydrogen-bond acceptors (Lipinski definition) is 4. The maximum atomic E-state index is 12.4. The molecule has 1 amide bonds. The van der Waals surface area contributed by atoms with Gasteiger partial charge in [-0.2, -0.15) is 5.26 Å². The van der Waals surface area contributed by atoms with E-state index < -0.39 is 5.91 Å². The van der Waals surface area contributed by atoms with E-state index in [0.29, 0.717) is 18.0 Å². The quantitative estimate of drug-likeness (QED) is 0.640. The summed E-state index contributed by atoms with van der Waals surface area (Å²) in [6, 6.07) is 14.5. The molecular weight excluding hydrogens is 316 g/mol. The Bertz CT molecular complexity index is 835. The molecule has 25 heavy (non-hydrogen) atoms. The number of benzene rings is 2. The maximum Gasteiger partial charge on any atom is 0.266 e. The molecule has 2 aromatic carbocycles. The van der Waals surface area contributed by atoms with Gasteiger partial charge >= 0.3 is 0 Å². The summed E-state index contributed by atoms with van der Waals surface area (Å²) in [5, 5.41) is 12.1. The van der Waals surface area contributed by atoms with Gasteiger partial charge in [-0.05, 0) is 55.3 Å². The summed E-state index contributed by atoms with van der Waals surface area (Å²) in [4.78, 5) is 12.4. The summed E-state index contributed by atoms with van der Waals surface area (Å²) in [6.45, 7) is 4.32. The van der Waals surface area contributed by atoms with Gasteiger partial charge in [-0.15, -0.1) is 0 Å². The number of amides is 1. The summed E-state index contributed by atoms with van der Waals surface area (Å²) < 4.78 is 10.6. The van der Waals surface area contributed by atoms with Crippen molar-refractivity contribution >= 4 is 17.7 Å². The number of anilines is 1. The van der Waals surface area contributed by atoms with Crippen LogP contribution in [-0.4, -0.2) is 19.6 Å². The first-order chi connectivity index (χ1) is 12.1. The van der Waals surface area contributed by atoms with Gasteiger partial charge in [0.1, 0.15) is 23.1 Å². The zero-order chi connectivity index (χ0) is 18.2. The molecular formula is C20H20N2O3. The molecule has 128 valence electrons. The largest absolute Gasteiger partial charge is 0.497 e. The second kappa shape index (κ2) is 8.55. The maximum absolute atomic E-state index is 12.4. The molecule has 0 aliphatic carbocycles. The number of hydrogen-bond donors (Lipinski definition) is 1. The minimum Gasteiger partial charge on any atom is -0.497 e. The molecule has 5 nitrogen and oxygen atoms in total. The highest BCUT2D eigenvalue weighted by Crippen LogP contribution is 2.21. The molecule has 0 radical (unpaired) electrons. The van der Waals surface area contributed by atoms with Gasteiger partial charge in [0.25, 0.3) is 5.91 Å². The number of carbonyl (C=O) groups excluding carboxylic acids is 1. The number of carbonyl (C=O) groups is 1. The van der Waals surface area contributed by atoms with Crippen molar-refractivity contribution in [1.82, 2.24) is 0 Å². The van der Waals surface area contributed by atoms with E-state index in [1.165, 1.54) is 0 Å². The molecule has 0 spiro atoms. The molecule has 0 aromatic heterocycles. The minimum absolute atomic E-state index is 0.0232. The van der Waals surface area contributed by atoms with Crippen LogP contribution in [0.25, 0.3) is 6.08 Å². The highest BCUT2D eigenvalue weighted by molar-refractivity contribution is 6.09. The van der Waals surface area contributed by atoms with Gasteiger partial charge in [0.05, 0.1) is 13.7 Å². The van der Waals surface area contributed by atoms with Crippen LogP contribution < -0.4 is 14.8 Å². The van der Waals surface area contributed by atoms with Crippen molar-refractivity contribution in [2.75, 3.05) is 19.0 Å². The molecule has 0 aliphatic heterocycles. The third kappa shape index (κ3) is 4.85. The van der Waals surface area contributed by atoms with Gasteiger partial charge in [0.15, 0.2) is 0 Å². The number of methoxy groups -OCH3 is 1. The fourth-order valence-electron chi connectivity index (χ4n) is 2.27. The Morgan fingerprint density at radius 2 is 2.04 bits per heavy atom. The van der Waals surface area contributed by atoms with E-state index in [4.69, 9.17) is 9.47 Å².